The van der Waals surface area contributed by atoms with E-state index in [0.717, 1.165) is 12.4 Å². The molecule has 0 amide bonds. The minimum Gasteiger partial charge on any atom is -0.480 e. The third-order valence-corrected chi connectivity index (χ3v) is 3.95. The Morgan fingerprint density at radius 3 is 3.20 bits per heavy atom. The molecule has 2 rings (SSSR count). The fourth-order valence-electron chi connectivity index (χ4n) is 1.40. The molecule has 0 bridgehead atoms. The van der Waals surface area contributed by atoms with Crippen molar-refractivity contribution in [2.45, 2.75) is 0 Å². The van der Waals surface area contributed by atoms with E-state index >= 15 is 0 Å². The largest absolute Gasteiger partial charge is 0.480 e. The monoisotopic (exact) mass is 241 g/mol. The van der Waals surface area contributed by atoms with Crippen molar-refractivity contribution < 1.29 is 9.90 Å². The Kier molecular flexibility index (Phi) is 3.45. The van der Waals surface area contributed by atoms with Gasteiger partial charge in [-0.2, -0.15) is 0 Å². The zero-order chi connectivity index (χ0) is 10.7. The van der Waals surface area contributed by atoms with Gasteiger partial charge in [0.05, 0.1) is 6.54 Å². The molecule has 1 aliphatic heterocycles. The maximum Gasteiger partial charge on any atom is 0.317 e. The first kappa shape index (κ1) is 10.7. The summed E-state index contributed by atoms with van der Waals surface area (Å²) < 4.78 is 0. The van der Waals surface area contributed by atoms with E-state index in [1.807, 2.05) is 16.3 Å². The molecule has 80 valence electrons. The van der Waals surface area contributed by atoms with Crippen LogP contribution in [0, 0.1) is 0 Å². The van der Waals surface area contributed by atoms with E-state index in [2.05, 4.69) is 12.1 Å². The quantitative estimate of drug-likeness (QED) is 0.880. The Morgan fingerprint density at radius 1 is 1.67 bits per heavy atom. The molecular weight excluding hydrogens is 230 g/mol. The smallest absolute Gasteiger partial charge is 0.317 e. The number of thiophene rings is 1. The summed E-state index contributed by atoms with van der Waals surface area (Å²) in [6, 6.07) is 4.09. The molecule has 0 aliphatic carbocycles. The van der Waals surface area contributed by atoms with Crippen molar-refractivity contribution in [1.82, 2.24) is 4.90 Å². The summed E-state index contributed by atoms with van der Waals surface area (Å²) in [7, 11) is 0. The van der Waals surface area contributed by atoms with Crippen molar-refractivity contribution in [3.8, 4) is 0 Å². The highest BCUT2D eigenvalue weighted by atomic mass is 32.2. The first-order valence-corrected chi connectivity index (χ1v) is 6.41. The lowest BCUT2D eigenvalue weighted by molar-refractivity contribution is -0.137. The molecule has 1 aromatic rings. The Hall–Kier alpha value is -0.780. The van der Waals surface area contributed by atoms with Gasteiger partial charge in [-0.1, -0.05) is 6.07 Å². The number of carboxylic acids is 1. The molecule has 15 heavy (non-hydrogen) atoms. The van der Waals surface area contributed by atoms with Crippen LogP contribution in [0.2, 0.25) is 0 Å². The van der Waals surface area contributed by atoms with Crippen molar-refractivity contribution >= 4 is 35.1 Å². The third kappa shape index (κ3) is 3.09. The summed E-state index contributed by atoms with van der Waals surface area (Å²) in [5, 5.41) is 10.7. The normalized spacial score (nSPS) is 19.9. The third-order valence-electron chi connectivity index (χ3n) is 2.02. The topological polar surface area (TPSA) is 40.5 Å². The number of rotatable bonds is 3. The second-order valence-electron chi connectivity index (χ2n) is 3.28. The van der Waals surface area contributed by atoms with Crippen LogP contribution in [-0.2, 0) is 4.79 Å². The number of nitrogens with zero attached hydrogens (tertiary/aromatic N) is 1. The minimum absolute atomic E-state index is 0.134. The van der Waals surface area contributed by atoms with Gasteiger partial charge in [-0.05, 0) is 17.5 Å². The van der Waals surface area contributed by atoms with Crippen molar-refractivity contribution in [2.24, 2.45) is 0 Å². The molecule has 1 aliphatic rings. The highest BCUT2D eigenvalue weighted by molar-refractivity contribution is 8.03. The maximum absolute atomic E-state index is 10.5. The van der Waals surface area contributed by atoms with Crippen molar-refractivity contribution in [3.05, 3.63) is 27.3 Å². The average molecular weight is 241 g/mol. The average Bonchev–Trinajstić information content (AvgIpc) is 2.77. The predicted octanol–water partition coefficient (Wildman–Crippen LogP) is 2.18. The lowest BCUT2D eigenvalue weighted by Crippen LogP contribution is -2.26. The van der Waals surface area contributed by atoms with Crippen LogP contribution in [0.25, 0.3) is 6.08 Å². The molecule has 0 atom stereocenters. The molecule has 2 heterocycles. The molecule has 0 radical (unpaired) electrons. The van der Waals surface area contributed by atoms with E-state index < -0.39 is 5.97 Å². The van der Waals surface area contributed by atoms with E-state index in [1.54, 1.807) is 23.1 Å². The molecule has 0 spiro atoms. The number of thioether (sulfide) groups is 1. The van der Waals surface area contributed by atoms with Crippen LogP contribution >= 0.6 is 23.1 Å². The number of hydrogen-bond donors (Lipinski definition) is 1. The minimum atomic E-state index is -0.757. The summed E-state index contributed by atoms with van der Waals surface area (Å²) in [5.74, 6) is 0.0248. The van der Waals surface area contributed by atoms with Crippen molar-refractivity contribution in [1.29, 1.82) is 0 Å². The Morgan fingerprint density at radius 2 is 2.53 bits per heavy atom. The van der Waals surface area contributed by atoms with Crippen LogP contribution < -0.4 is 0 Å². The molecule has 1 saturated heterocycles. The fraction of sp³-hybridized carbons (Fsp3) is 0.300. The second-order valence-corrected chi connectivity index (χ2v) is 5.33. The van der Waals surface area contributed by atoms with Crippen molar-refractivity contribution in [3.63, 3.8) is 0 Å². The van der Waals surface area contributed by atoms with E-state index in [1.165, 1.54) is 9.78 Å². The van der Waals surface area contributed by atoms with Gasteiger partial charge in [0.1, 0.15) is 0 Å². The highest BCUT2D eigenvalue weighted by Crippen LogP contribution is 2.28. The predicted molar refractivity (Wildman–Crippen MR) is 64.0 cm³/mol. The van der Waals surface area contributed by atoms with Crippen molar-refractivity contribution in [2.75, 3.05) is 19.0 Å². The van der Waals surface area contributed by atoms with E-state index in [-0.39, 0.29) is 6.54 Å². The summed E-state index contributed by atoms with van der Waals surface area (Å²) in [6.07, 6.45) is 2.14. The first-order chi connectivity index (χ1) is 7.24. The van der Waals surface area contributed by atoms with Gasteiger partial charge < -0.3 is 5.11 Å². The standard InChI is InChI=1S/C10H11NO2S2/c12-10(13)6-11-5-9(15-7-11)4-8-2-1-3-14-8/h1-4H,5-7H2,(H,12,13). The van der Waals surface area contributed by atoms with E-state index in [9.17, 15) is 4.79 Å². The Bertz CT molecular complexity index is 373. The first-order valence-electron chi connectivity index (χ1n) is 4.55. The van der Waals surface area contributed by atoms with Crippen LogP contribution in [0.5, 0.6) is 0 Å². The lowest BCUT2D eigenvalue weighted by atomic mass is 10.4. The molecule has 1 fully saturated rings. The second kappa shape index (κ2) is 4.83. The zero-order valence-electron chi connectivity index (χ0n) is 8.05. The zero-order valence-corrected chi connectivity index (χ0v) is 9.68. The molecule has 3 nitrogen and oxygen atoms in total. The fourth-order valence-corrected chi connectivity index (χ4v) is 3.17. The number of carboxylic acid groups (broad SMARTS) is 1. The maximum atomic E-state index is 10.5. The van der Waals surface area contributed by atoms with Gasteiger partial charge in [-0.3, -0.25) is 9.69 Å². The van der Waals surface area contributed by atoms with Crippen LogP contribution in [0.15, 0.2) is 22.4 Å². The lowest BCUT2D eigenvalue weighted by Gasteiger charge is -2.08. The van der Waals surface area contributed by atoms with Crippen LogP contribution in [-0.4, -0.2) is 34.9 Å². The molecule has 0 unspecified atom stereocenters. The van der Waals surface area contributed by atoms with Gasteiger partial charge in [-0.25, -0.2) is 0 Å². The molecule has 0 saturated carbocycles. The molecule has 0 aromatic carbocycles. The van der Waals surface area contributed by atoms with Gasteiger partial charge in [-0.15, -0.1) is 23.1 Å². The molecule has 1 aromatic heterocycles. The van der Waals surface area contributed by atoms with Crippen LogP contribution in [0.3, 0.4) is 0 Å². The summed E-state index contributed by atoms with van der Waals surface area (Å²) in [4.78, 5) is 14.9. The van der Waals surface area contributed by atoms with Gasteiger partial charge >= 0.3 is 5.97 Å². The van der Waals surface area contributed by atoms with Crippen LogP contribution in [0.1, 0.15) is 4.88 Å². The molecule has 1 N–H and O–H groups in total. The number of carbonyl (C=O) groups is 1. The summed E-state index contributed by atoms with van der Waals surface area (Å²) in [5.41, 5.74) is 0. The summed E-state index contributed by atoms with van der Waals surface area (Å²) in [6.45, 7) is 0.893. The van der Waals surface area contributed by atoms with Crippen LogP contribution in [0.4, 0.5) is 0 Å². The van der Waals surface area contributed by atoms with E-state index in [4.69, 9.17) is 5.11 Å². The van der Waals surface area contributed by atoms with Gasteiger partial charge in [0, 0.05) is 22.2 Å². The van der Waals surface area contributed by atoms with Gasteiger partial charge in [0.2, 0.25) is 0 Å². The summed E-state index contributed by atoms with van der Waals surface area (Å²) >= 11 is 3.42. The van der Waals surface area contributed by atoms with E-state index in [0.29, 0.717) is 0 Å². The number of aliphatic carboxylic acids is 1. The molecule has 5 heteroatoms. The van der Waals surface area contributed by atoms with Gasteiger partial charge in [0.15, 0.2) is 0 Å². The number of hydrogen-bond acceptors (Lipinski definition) is 4. The highest BCUT2D eigenvalue weighted by Gasteiger charge is 2.19. The van der Waals surface area contributed by atoms with Gasteiger partial charge in [0.25, 0.3) is 0 Å². The Balaban J connectivity index is 1.95. The molecular formula is C10H11NO2S2. The SMILES string of the molecule is O=C(O)CN1CSC(=Cc2cccs2)C1. The Labute approximate surface area is 96.4 Å².